The van der Waals surface area contributed by atoms with E-state index >= 15 is 0 Å². The molecule has 1 N–H and O–H groups in total. The maximum Gasteiger partial charge on any atom is 0.219 e. The molecule has 0 atom stereocenters. The van der Waals surface area contributed by atoms with E-state index in [1.807, 2.05) is 0 Å². The third-order valence-corrected chi connectivity index (χ3v) is 3.89. The standard InChI is InChI=1S/C10H8ClNO3S/c1-7(13)10(6-12)16(14,15)9-4-2-8(11)3-5-9/h2-5,13H,1H3/b10-7-. The minimum Gasteiger partial charge on any atom is -0.510 e. The van der Waals surface area contributed by atoms with Gasteiger partial charge < -0.3 is 5.11 Å². The van der Waals surface area contributed by atoms with Crippen LogP contribution in [0.2, 0.25) is 5.02 Å². The second-order valence-corrected chi connectivity index (χ2v) is 5.31. The van der Waals surface area contributed by atoms with Crippen molar-refractivity contribution in [3.63, 3.8) is 0 Å². The molecule has 0 spiro atoms. The average Bonchev–Trinajstić information content (AvgIpc) is 2.18. The van der Waals surface area contributed by atoms with Crippen molar-refractivity contribution in [3.8, 4) is 6.07 Å². The van der Waals surface area contributed by atoms with Crippen molar-refractivity contribution in [3.05, 3.63) is 40.0 Å². The van der Waals surface area contributed by atoms with E-state index < -0.39 is 20.5 Å². The van der Waals surface area contributed by atoms with Gasteiger partial charge in [-0.3, -0.25) is 0 Å². The molecule has 0 heterocycles. The van der Waals surface area contributed by atoms with Crippen LogP contribution in [-0.2, 0) is 9.84 Å². The van der Waals surface area contributed by atoms with Crippen molar-refractivity contribution in [1.82, 2.24) is 0 Å². The first-order valence-corrected chi connectivity index (χ1v) is 6.06. The molecule has 6 heteroatoms. The normalized spacial score (nSPS) is 12.8. The lowest BCUT2D eigenvalue weighted by molar-refractivity contribution is 0.412. The van der Waals surface area contributed by atoms with Crippen LogP contribution in [0.1, 0.15) is 6.92 Å². The molecule has 0 aliphatic heterocycles. The summed E-state index contributed by atoms with van der Waals surface area (Å²) < 4.78 is 23.7. The fourth-order valence-corrected chi connectivity index (χ4v) is 2.43. The summed E-state index contributed by atoms with van der Waals surface area (Å²) in [5, 5.41) is 18.2. The molecule has 0 bridgehead atoms. The summed E-state index contributed by atoms with van der Waals surface area (Å²) in [4.78, 5) is -0.739. The Balaban J connectivity index is 3.40. The van der Waals surface area contributed by atoms with E-state index in [-0.39, 0.29) is 4.90 Å². The Kier molecular flexibility index (Phi) is 3.58. The van der Waals surface area contributed by atoms with Crippen LogP contribution in [0.15, 0.2) is 39.8 Å². The molecule has 1 rings (SSSR count). The number of benzene rings is 1. The molecule has 16 heavy (non-hydrogen) atoms. The van der Waals surface area contributed by atoms with Crippen molar-refractivity contribution < 1.29 is 13.5 Å². The predicted molar refractivity (Wildman–Crippen MR) is 59.6 cm³/mol. The lowest BCUT2D eigenvalue weighted by atomic mass is 10.4. The summed E-state index contributed by atoms with van der Waals surface area (Å²) >= 11 is 5.62. The summed E-state index contributed by atoms with van der Waals surface area (Å²) in [5.74, 6) is -0.530. The van der Waals surface area contributed by atoms with E-state index in [1.54, 1.807) is 0 Å². The highest BCUT2D eigenvalue weighted by molar-refractivity contribution is 7.95. The molecule has 0 saturated heterocycles. The average molecular weight is 258 g/mol. The Hall–Kier alpha value is -1.51. The van der Waals surface area contributed by atoms with E-state index in [0.717, 1.165) is 6.92 Å². The van der Waals surface area contributed by atoms with E-state index in [4.69, 9.17) is 22.0 Å². The predicted octanol–water partition coefficient (Wildman–Crippen LogP) is 2.43. The summed E-state index contributed by atoms with van der Waals surface area (Å²) in [6.07, 6.45) is 0. The van der Waals surface area contributed by atoms with Crippen molar-refractivity contribution in [2.45, 2.75) is 11.8 Å². The third kappa shape index (κ3) is 2.35. The number of sulfone groups is 1. The first kappa shape index (κ1) is 12.6. The number of halogens is 1. The monoisotopic (exact) mass is 257 g/mol. The first-order chi connectivity index (χ1) is 7.39. The summed E-state index contributed by atoms with van der Waals surface area (Å²) in [6.45, 7) is 1.14. The number of allylic oxidation sites excluding steroid dienone is 2. The van der Waals surface area contributed by atoms with Crippen LogP contribution in [0, 0.1) is 11.3 Å². The van der Waals surface area contributed by atoms with Crippen LogP contribution in [-0.4, -0.2) is 13.5 Å². The highest BCUT2D eigenvalue weighted by Crippen LogP contribution is 2.22. The molecule has 0 unspecified atom stereocenters. The van der Waals surface area contributed by atoms with Gasteiger partial charge in [-0.05, 0) is 31.2 Å². The van der Waals surface area contributed by atoms with Gasteiger partial charge in [0.05, 0.1) is 4.90 Å². The van der Waals surface area contributed by atoms with Gasteiger partial charge in [0, 0.05) is 5.02 Å². The molecule has 4 nitrogen and oxygen atoms in total. The van der Waals surface area contributed by atoms with Gasteiger partial charge in [-0.1, -0.05) is 11.6 Å². The van der Waals surface area contributed by atoms with E-state index in [9.17, 15) is 8.42 Å². The number of aliphatic hydroxyl groups is 1. The fraction of sp³-hybridized carbons (Fsp3) is 0.100. The Labute approximate surface area is 98.3 Å². The smallest absolute Gasteiger partial charge is 0.219 e. The van der Waals surface area contributed by atoms with Gasteiger partial charge in [0.1, 0.15) is 11.8 Å². The van der Waals surface area contributed by atoms with Gasteiger partial charge in [-0.15, -0.1) is 0 Å². The minimum atomic E-state index is -3.96. The molecule has 0 aliphatic carbocycles. The molecular weight excluding hydrogens is 250 g/mol. The molecule has 0 saturated carbocycles. The molecule has 1 aromatic rings. The maximum atomic E-state index is 11.8. The van der Waals surface area contributed by atoms with Gasteiger partial charge in [0.2, 0.25) is 9.84 Å². The second-order valence-electron chi connectivity index (χ2n) is 2.98. The van der Waals surface area contributed by atoms with E-state index in [1.165, 1.54) is 30.3 Å². The molecule has 0 fully saturated rings. The third-order valence-electron chi connectivity index (χ3n) is 1.82. The minimum absolute atomic E-state index is 0.0816. The number of hydrogen-bond donors (Lipinski definition) is 1. The van der Waals surface area contributed by atoms with Crippen LogP contribution < -0.4 is 0 Å². The fourth-order valence-electron chi connectivity index (χ4n) is 1.07. The zero-order valence-corrected chi connectivity index (χ0v) is 9.88. The molecule has 84 valence electrons. The van der Waals surface area contributed by atoms with E-state index in [2.05, 4.69) is 0 Å². The van der Waals surface area contributed by atoms with Gasteiger partial charge in [0.15, 0.2) is 4.91 Å². The zero-order chi connectivity index (χ0) is 12.3. The van der Waals surface area contributed by atoms with Crippen molar-refractivity contribution >= 4 is 21.4 Å². The largest absolute Gasteiger partial charge is 0.510 e. The zero-order valence-electron chi connectivity index (χ0n) is 8.31. The molecule has 0 radical (unpaired) electrons. The molecular formula is C10H8ClNO3S. The second kappa shape index (κ2) is 4.56. The molecule has 0 aromatic heterocycles. The number of hydrogen-bond acceptors (Lipinski definition) is 4. The number of nitrogens with zero attached hydrogens (tertiary/aromatic N) is 1. The molecule has 0 aliphatic rings. The Morgan fingerprint density at radius 3 is 2.25 bits per heavy atom. The maximum absolute atomic E-state index is 11.8. The van der Waals surface area contributed by atoms with E-state index in [0.29, 0.717) is 5.02 Å². The van der Waals surface area contributed by atoms with Crippen LogP contribution in [0.3, 0.4) is 0 Å². The van der Waals surface area contributed by atoms with Gasteiger partial charge in [-0.25, -0.2) is 8.42 Å². The topological polar surface area (TPSA) is 78.2 Å². The summed E-state index contributed by atoms with van der Waals surface area (Å²) in [7, 11) is -3.96. The van der Waals surface area contributed by atoms with Gasteiger partial charge in [-0.2, -0.15) is 5.26 Å². The number of nitriles is 1. The van der Waals surface area contributed by atoms with Crippen molar-refractivity contribution in [2.75, 3.05) is 0 Å². The lowest BCUT2D eigenvalue weighted by Crippen LogP contribution is -2.05. The SMILES string of the molecule is C/C(O)=C(\C#N)S(=O)(=O)c1ccc(Cl)cc1. The van der Waals surface area contributed by atoms with Crippen molar-refractivity contribution in [2.24, 2.45) is 0 Å². The first-order valence-electron chi connectivity index (χ1n) is 4.20. The Morgan fingerprint density at radius 2 is 1.88 bits per heavy atom. The number of aliphatic hydroxyl groups excluding tert-OH is 1. The van der Waals surface area contributed by atoms with Crippen LogP contribution in [0.25, 0.3) is 0 Å². The Morgan fingerprint density at radius 1 is 1.38 bits per heavy atom. The van der Waals surface area contributed by atoms with Crippen LogP contribution >= 0.6 is 11.6 Å². The Bertz CT molecular complexity index is 563. The highest BCUT2D eigenvalue weighted by atomic mass is 35.5. The molecule has 0 amide bonds. The molecule has 1 aromatic carbocycles. The highest BCUT2D eigenvalue weighted by Gasteiger charge is 2.23. The quantitative estimate of drug-likeness (QED) is 0.652. The van der Waals surface area contributed by atoms with Crippen LogP contribution in [0.4, 0.5) is 0 Å². The van der Waals surface area contributed by atoms with Gasteiger partial charge >= 0.3 is 0 Å². The van der Waals surface area contributed by atoms with Gasteiger partial charge in [0.25, 0.3) is 0 Å². The summed E-state index contributed by atoms with van der Waals surface area (Å²) in [6, 6.07) is 6.81. The van der Waals surface area contributed by atoms with Crippen molar-refractivity contribution in [1.29, 1.82) is 5.26 Å². The number of rotatable bonds is 2. The van der Waals surface area contributed by atoms with Crippen LogP contribution in [0.5, 0.6) is 0 Å². The summed E-state index contributed by atoms with van der Waals surface area (Å²) in [5.41, 5.74) is 0. The lowest BCUT2D eigenvalue weighted by Gasteiger charge is -2.03.